The summed E-state index contributed by atoms with van der Waals surface area (Å²) in [5, 5.41) is 3.21. The molecule has 0 atom stereocenters. The smallest absolute Gasteiger partial charge is 0.258 e. The summed E-state index contributed by atoms with van der Waals surface area (Å²) in [7, 11) is 0. The molecule has 0 saturated carbocycles. The molecule has 0 spiro atoms. The van der Waals surface area contributed by atoms with Crippen molar-refractivity contribution < 1.29 is 4.79 Å². The quantitative estimate of drug-likeness (QED) is 0.702. The van der Waals surface area contributed by atoms with Crippen LogP contribution >= 0.6 is 11.3 Å². The molecule has 1 aromatic heterocycles. The molecule has 2 heterocycles. The van der Waals surface area contributed by atoms with E-state index in [9.17, 15) is 4.79 Å². The normalized spacial score (nSPS) is 13.1. The van der Waals surface area contributed by atoms with Crippen molar-refractivity contribution in [1.82, 2.24) is 4.98 Å². The van der Waals surface area contributed by atoms with Gasteiger partial charge < -0.3 is 4.90 Å². The maximum atomic E-state index is 12.8. The molecule has 120 valence electrons. The van der Waals surface area contributed by atoms with Crippen LogP contribution < -0.4 is 4.90 Å². The van der Waals surface area contributed by atoms with Crippen molar-refractivity contribution in [3.63, 3.8) is 0 Å². The van der Waals surface area contributed by atoms with Crippen molar-refractivity contribution in [2.75, 3.05) is 11.4 Å². The molecule has 1 aliphatic heterocycles. The number of anilines is 1. The van der Waals surface area contributed by atoms with Crippen LogP contribution in [0.15, 0.2) is 53.9 Å². The van der Waals surface area contributed by atoms with Crippen LogP contribution in [0, 0.1) is 0 Å². The third kappa shape index (κ3) is 2.63. The Hall–Kier alpha value is -2.46. The number of benzene rings is 2. The first kappa shape index (κ1) is 15.1. The monoisotopic (exact) mass is 334 g/mol. The van der Waals surface area contributed by atoms with Crippen LogP contribution in [0.25, 0.3) is 11.3 Å². The van der Waals surface area contributed by atoms with E-state index in [1.54, 1.807) is 11.3 Å². The molecular weight excluding hydrogens is 316 g/mol. The van der Waals surface area contributed by atoms with E-state index in [0.717, 1.165) is 46.9 Å². The fourth-order valence-electron chi connectivity index (χ4n) is 3.09. The molecule has 4 rings (SSSR count). The average molecular weight is 334 g/mol. The van der Waals surface area contributed by atoms with Gasteiger partial charge in [-0.2, -0.15) is 0 Å². The third-order valence-electron chi connectivity index (χ3n) is 4.41. The molecule has 0 fully saturated rings. The zero-order chi connectivity index (χ0) is 16.5. The fraction of sp³-hybridized carbons (Fsp3) is 0.200. The van der Waals surface area contributed by atoms with Gasteiger partial charge in [-0.1, -0.05) is 37.3 Å². The van der Waals surface area contributed by atoms with Gasteiger partial charge in [-0.15, -0.1) is 11.3 Å². The molecule has 4 heteroatoms. The third-order valence-corrected chi connectivity index (χ3v) is 5.41. The Labute approximate surface area is 145 Å². The second-order valence-electron chi connectivity index (χ2n) is 5.89. The standard InChI is InChI=1S/C20H18N2OS/c1-2-19-21-17(13-24-19)14-7-9-16(10-8-14)20(23)22-12-11-15-5-3-4-6-18(15)22/h3-10,13H,2,11-12H2,1H3. The molecule has 0 saturated heterocycles. The molecule has 3 aromatic rings. The van der Waals surface area contributed by atoms with Crippen molar-refractivity contribution in [1.29, 1.82) is 0 Å². The lowest BCUT2D eigenvalue weighted by Crippen LogP contribution is -2.28. The zero-order valence-electron chi connectivity index (χ0n) is 13.5. The van der Waals surface area contributed by atoms with E-state index in [0.29, 0.717) is 0 Å². The first-order valence-corrected chi connectivity index (χ1v) is 9.09. The molecule has 0 aliphatic carbocycles. The number of para-hydroxylation sites is 1. The number of nitrogens with zero attached hydrogens (tertiary/aromatic N) is 2. The number of amides is 1. The van der Waals surface area contributed by atoms with E-state index in [1.807, 2.05) is 47.4 Å². The minimum atomic E-state index is 0.0685. The molecule has 3 nitrogen and oxygen atoms in total. The lowest BCUT2D eigenvalue weighted by molar-refractivity contribution is 0.0989. The van der Waals surface area contributed by atoms with Crippen molar-refractivity contribution in [3.8, 4) is 11.3 Å². The molecule has 2 aromatic carbocycles. The van der Waals surface area contributed by atoms with Gasteiger partial charge in [-0.3, -0.25) is 4.79 Å². The maximum absolute atomic E-state index is 12.8. The summed E-state index contributed by atoms with van der Waals surface area (Å²) in [5.41, 5.74) is 5.06. The van der Waals surface area contributed by atoms with E-state index in [2.05, 4.69) is 23.4 Å². The first-order valence-electron chi connectivity index (χ1n) is 8.21. The molecule has 0 radical (unpaired) electrons. The van der Waals surface area contributed by atoms with Crippen molar-refractivity contribution in [2.24, 2.45) is 0 Å². The Balaban J connectivity index is 1.58. The van der Waals surface area contributed by atoms with Crippen molar-refractivity contribution in [3.05, 3.63) is 70.0 Å². The summed E-state index contributed by atoms with van der Waals surface area (Å²) in [5.74, 6) is 0.0685. The van der Waals surface area contributed by atoms with Crippen LogP contribution in [0.1, 0.15) is 27.9 Å². The summed E-state index contributed by atoms with van der Waals surface area (Å²) in [6.07, 6.45) is 1.88. The summed E-state index contributed by atoms with van der Waals surface area (Å²) >= 11 is 1.68. The van der Waals surface area contributed by atoms with Gasteiger partial charge >= 0.3 is 0 Å². The number of aromatic nitrogens is 1. The molecule has 0 N–H and O–H groups in total. The minimum Gasteiger partial charge on any atom is -0.308 e. The number of aryl methyl sites for hydroxylation is 1. The highest BCUT2D eigenvalue weighted by Crippen LogP contribution is 2.29. The Bertz CT molecular complexity index is 883. The molecule has 1 aliphatic rings. The predicted octanol–water partition coefficient (Wildman–Crippen LogP) is 4.58. The number of carbonyl (C=O) groups is 1. The van der Waals surface area contributed by atoms with Crippen molar-refractivity contribution in [2.45, 2.75) is 19.8 Å². The Morgan fingerprint density at radius 3 is 2.71 bits per heavy atom. The van der Waals surface area contributed by atoms with Gasteiger partial charge in [0.1, 0.15) is 0 Å². The van der Waals surface area contributed by atoms with E-state index in [4.69, 9.17) is 0 Å². The highest BCUT2D eigenvalue weighted by atomic mass is 32.1. The lowest BCUT2D eigenvalue weighted by atomic mass is 10.1. The van der Waals surface area contributed by atoms with Gasteiger partial charge in [0, 0.05) is 28.7 Å². The average Bonchev–Trinajstić information content (AvgIpc) is 3.28. The number of thiazole rings is 1. The first-order chi connectivity index (χ1) is 11.8. The predicted molar refractivity (Wildman–Crippen MR) is 98.8 cm³/mol. The fourth-order valence-corrected chi connectivity index (χ4v) is 3.85. The Morgan fingerprint density at radius 1 is 1.17 bits per heavy atom. The van der Waals surface area contributed by atoms with Gasteiger partial charge in [0.05, 0.1) is 10.7 Å². The summed E-state index contributed by atoms with van der Waals surface area (Å²) in [6, 6.07) is 15.9. The number of hydrogen-bond acceptors (Lipinski definition) is 3. The Kier molecular flexibility index (Phi) is 3.90. The summed E-state index contributed by atoms with van der Waals surface area (Å²) in [6.45, 7) is 2.87. The van der Waals surface area contributed by atoms with Crippen LogP contribution in [0.2, 0.25) is 0 Å². The number of hydrogen-bond donors (Lipinski definition) is 0. The highest BCUT2D eigenvalue weighted by Gasteiger charge is 2.24. The molecule has 24 heavy (non-hydrogen) atoms. The van der Waals surface area contributed by atoms with Gasteiger partial charge in [0.15, 0.2) is 0 Å². The van der Waals surface area contributed by atoms with E-state index in [-0.39, 0.29) is 5.91 Å². The van der Waals surface area contributed by atoms with Crippen LogP contribution in [0.5, 0.6) is 0 Å². The SMILES string of the molecule is CCc1nc(-c2ccc(C(=O)N3CCc4ccccc43)cc2)cs1. The summed E-state index contributed by atoms with van der Waals surface area (Å²) < 4.78 is 0. The molecular formula is C20H18N2OS. The number of fused-ring (bicyclic) bond motifs is 1. The number of carbonyl (C=O) groups excluding carboxylic acids is 1. The van der Waals surface area contributed by atoms with E-state index >= 15 is 0 Å². The van der Waals surface area contributed by atoms with Crippen LogP contribution in [-0.2, 0) is 12.8 Å². The van der Waals surface area contributed by atoms with E-state index < -0.39 is 0 Å². The molecule has 0 bridgehead atoms. The minimum absolute atomic E-state index is 0.0685. The van der Waals surface area contributed by atoms with Crippen LogP contribution in [0.3, 0.4) is 0 Å². The van der Waals surface area contributed by atoms with Crippen LogP contribution in [0.4, 0.5) is 5.69 Å². The zero-order valence-corrected chi connectivity index (χ0v) is 14.3. The molecule has 1 amide bonds. The Morgan fingerprint density at radius 2 is 1.96 bits per heavy atom. The van der Waals surface area contributed by atoms with Crippen molar-refractivity contribution >= 4 is 22.9 Å². The van der Waals surface area contributed by atoms with E-state index in [1.165, 1.54) is 5.56 Å². The second kappa shape index (κ2) is 6.21. The van der Waals surface area contributed by atoms with Crippen LogP contribution in [-0.4, -0.2) is 17.4 Å². The maximum Gasteiger partial charge on any atom is 0.258 e. The summed E-state index contributed by atoms with van der Waals surface area (Å²) in [4.78, 5) is 19.3. The van der Waals surface area contributed by atoms with Gasteiger partial charge in [-0.25, -0.2) is 4.98 Å². The highest BCUT2D eigenvalue weighted by molar-refractivity contribution is 7.09. The second-order valence-corrected chi connectivity index (χ2v) is 6.84. The topological polar surface area (TPSA) is 33.2 Å². The number of rotatable bonds is 3. The largest absolute Gasteiger partial charge is 0.308 e. The molecule has 0 unspecified atom stereocenters. The van der Waals surface area contributed by atoms with Gasteiger partial charge in [-0.05, 0) is 36.6 Å². The van der Waals surface area contributed by atoms with Gasteiger partial charge in [0.25, 0.3) is 5.91 Å². The lowest BCUT2D eigenvalue weighted by Gasteiger charge is -2.17. The van der Waals surface area contributed by atoms with Gasteiger partial charge in [0.2, 0.25) is 0 Å².